The van der Waals surface area contributed by atoms with Crippen LogP contribution in [0.5, 0.6) is 11.5 Å². The predicted octanol–water partition coefficient (Wildman–Crippen LogP) is 4.80. The van der Waals surface area contributed by atoms with Crippen molar-refractivity contribution in [3.05, 3.63) is 88.7 Å². The molecule has 0 fully saturated rings. The van der Waals surface area contributed by atoms with Crippen molar-refractivity contribution in [1.82, 2.24) is 0 Å². The number of nitrogens with one attached hydrogen (secondary N) is 1. The first-order valence-corrected chi connectivity index (χ1v) is 11.1. The Kier molecular flexibility index (Phi) is 7.33. The lowest BCUT2D eigenvalue weighted by molar-refractivity contribution is -0.112. The molecule has 0 bridgehead atoms. The first kappa shape index (κ1) is 23.8. The molecule has 0 heterocycles. The molecule has 0 spiro atoms. The van der Waals surface area contributed by atoms with E-state index in [1.165, 1.54) is 79.9 Å². The first-order chi connectivity index (χ1) is 15.7. The van der Waals surface area contributed by atoms with Crippen LogP contribution in [0, 0.1) is 17.1 Å². The number of ether oxygens (including phenoxy) is 1. The maximum atomic E-state index is 13.0. The fraction of sp³-hybridized carbons (Fsp3) is 0.0435. The minimum atomic E-state index is -4.15. The van der Waals surface area contributed by atoms with Gasteiger partial charge in [0.05, 0.1) is 7.11 Å². The van der Waals surface area contributed by atoms with Gasteiger partial charge in [-0.05, 0) is 72.3 Å². The Bertz CT molecular complexity index is 1350. The molecule has 0 unspecified atom stereocenters. The number of methoxy groups -OCH3 is 1. The maximum absolute atomic E-state index is 13.0. The van der Waals surface area contributed by atoms with Crippen LogP contribution in [-0.4, -0.2) is 21.4 Å². The summed E-state index contributed by atoms with van der Waals surface area (Å²) in [6.45, 7) is 0. The average Bonchev–Trinajstić information content (AvgIpc) is 2.79. The number of benzene rings is 3. The summed E-state index contributed by atoms with van der Waals surface area (Å²) in [7, 11) is -2.84. The molecule has 3 aromatic carbocycles. The third kappa shape index (κ3) is 6.10. The molecule has 7 nitrogen and oxygen atoms in total. The van der Waals surface area contributed by atoms with Crippen molar-refractivity contribution in [2.75, 3.05) is 12.4 Å². The Hall–Kier alpha value is -3.87. The summed E-state index contributed by atoms with van der Waals surface area (Å²) >= 11 is 5.79. The second-order valence-corrected chi connectivity index (χ2v) is 8.52. The molecule has 0 aliphatic heterocycles. The Labute approximate surface area is 194 Å². The molecule has 0 atom stereocenters. The fourth-order valence-corrected chi connectivity index (χ4v) is 3.72. The van der Waals surface area contributed by atoms with E-state index in [9.17, 15) is 22.9 Å². The van der Waals surface area contributed by atoms with E-state index in [0.29, 0.717) is 16.3 Å². The van der Waals surface area contributed by atoms with Gasteiger partial charge in [-0.2, -0.15) is 13.7 Å². The molecule has 0 aliphatic rings. The predicted molar refractivity (Wildman–Crippen MR) is 121 cm³/mol. The third-order valence-corrected chi connectivity index (χ3v) is 5.77. The molecule has 0 aromatic heterocycles. The fourth-order valence-electron chi connectivity index (χ4n) is 2.66. The van der Waals surface area contributed by atoms with Crippen LogP contribution in [0.15, 0.2) is 77.2 Å². The summed E-state index contributed by atoms with van der Waals surface area (Å²) in [5, 5.41) is 12.2. The van der Waals surface area contributed by atoms with Gasteiger partial charge >= 0.3 is 10.1 Å². The number of carbonyl (C=O) groups excluding carboxylic acids is 1. The van der Waals surface area contributed by atoms with Crippen molar-refractivity contribution in [3.8, 4) is 17.6 Å². The zero-order chi connectivity index (χ0) is 24.0. The molecule has 10 heteroatoms. The van der Waals surface area contributed by atoms with Crippen molar-refractivity contribution < 1.29 is 26.5 Å². The highest BCUT2D eigenvalue weighted by atomic mass is 35.5. The van der Waals surface area contributed by atoms with Crippen molar-refractivity contribution >= 4 is 39.4 Å². The smallest absolute Gasteiger partial charge is 0.339 e. The van der Waals surface area contributed by atoms with Gasteiger partial charge in [-0.25, -0.2) is 4.39 Å². The highest BCUT2D eigenvalue weighted by Gasteiger charge is 2.19. The van der Waals surface area contributed by atoms with Crippen LogP contribution in [-0.2, 0) is 14.9 Å². The van der Waals surface area contributed by atoms with E-state index in [1.807, 2.05) is 0 Å². The highest BCUT2D eigenvalue weighted by molar-refractivity contribution is 7.87. The number of nitriles is 1. The number of rotatable bonds is 7. The lowest BCUT2D eigenvalue weighted by Crippen LogP contribution is -2.13. The Balaban J connectivity index is 1.83. The standard InChI is InChI=1S/C23H16ClFN2O5S/c1-31-22-13-15(12-16(14-26)23(28)27-19-7-5-18(25)6-8-19)2-11-21(22)32-33(29,30)20-9-3-17(24)4-10-20/h2-13H,1H3,(H,27,28)/b16-12+. The van der Waals surface area contributed by atoms with Gasteiger partial charge in [-0.15, -0.1) is 0 Å². The number of anilines is 1. The van der Waals surface area contributed by atoms with Crippen LogP contribution < -0.4 is 14.2 Å². The van der Waals surface area contributed by atoms with E-state index in [4.69, 9.17) is 20.5 Å². The molecule has 1 N–H and O–H groups in total. The van der Waals surface area contributed by atoms with Gasteiger partial charge in [0.2, 0.25) is 0 Å². The summed E-state index contributed by atoms with van der Waals surface area (Å²) in [6.07, 6.45) is 1.29. The van der Waals surface area contributed by atoms with E-state index in [1.54, 1.807) is 6.07 Å². The number of amides is 1. The van der Waals surface area contributed by atoms with E-state index in [-0.39, 0.29) is 22.0 Å². The van der Waals surface area contributed by atoms with Crippen LogP contribution in [0.4, 0.5) is 10.1 Å². The Morgan fingerprint density at radius 2 is 1.73 bits per heavy atom. The van der Waals surface area contributed by atoms with Gasteiger partial charge < -0.3 is 14.2 Å². The Morgan fingerprint density at radius 3 is 2.33 bits per heavy atom. The van der Waals surface area contributed by atoms with Gasteiger partial charge in [-0.3, -0.25) is 4.79 Å². The molecule has 1 amide bonds. The van der Waals surface area contributed by atoms with Crippen LogP contribution >= 0.6 is 11.6 Å². The van der Waals surface area contributed by atoms with E-state index < -0.39 is 21.8 Å². The summed E-state index contributed by atoms with van der Waals surface area (Å²) in [6, 6.07) is 16.5. The number of nitrogens with zero attached hydrogens (tertiary/aromatic N) is 1. The largest absolute Gasteiger partial charge is 0.493 e. The number of carbonyl (C=O) groups is 1. The summed E-state index contributed by atoms with van der Waals surface area (Å²) in [4.78, 5) is 12.3. The molecule has 0 saturated carbocycles. The van der Waals surface area contributed by atoms with Crippen molar-refractivity contribution in [1.29, 1.82) is 5.26 Å². The quantitative estimate of drug-likeness (QED) is 0.292. The van der Waals surface area contributed by atoms with Gasteiger partial charge in [0.25, 0.3) is 5.91 Å². The average molecular weight is 487 g/mol. The van der Waals surface area contributed by atoms with E-state index >= 15 is 0 Å². The molecular weight excluding hydrogens is 471 g/mol. The molecule has 33 heavy (non-hydrogen) atoms. The van der Waals surface area contributed by atoms with Crippen LogP contribution in [0.3, 0.4) is 0 Å². The second kappa shape index (κ2) is 10.2. The summed E-state index contributed by atoms with van der Waals surface area (Å²) in [5.41, 5.74) is 0.467. The van der Waals surface area contributed by atoms with E-state index in [0.717, 1.165) is 0 Å². The zero-order valence-electron chi connectivity index (χ0n) is 17.1. The van der Waals surface area contributed by atoms with Crippen molar-refractivity contribution in [2.24, 2.45) is 0 Å². The molecule has 3 rings (SSSR count). The summed E-state index contributed by atoms with van der Waals surface area (Å²) < 4.78 is 48.4. The number of halogens is 2. The zero-order valence-corrected chi connectivity index (χ0v) is 18.7. The SMILES string of the molecule is COc1cc(/C=C(\C#N)C(=O)Nc2ccc(F)cc2)ccc1OS(=O)(=O)c1ccc(Cl)cc1. The molecule has 3 aromatic rings. The topological polar surface area (TPSA) is 105 Å². The maximum Gasteiger partial charge on any atom is 0.339 e. The van der Waals surface area contributed by atoms with Crippen LogP contribution in [0.1, 0.15) is 5.56 Å². The first-order valence-electron chi connectivity index (χ1n) is 9.28. The monoisotopic (exact) mass is 486 g/mol. The normalized spacial score (nSPS) is 11.4. The minimum absolute atomic E-state index is 0.0671. The highest BCUT2D eigenvalue weighted by Crippen LogP contribution is 2.31. The van der Waals surface area contributed by atoms with Gasteiger partial charge in [0.1, 0.15) is 22.4 Å². The molecule has 168 valence electrons. The Morgan fingerprint density at radius 1 is 1.06 bits per heavy atom. The number of hydrogen-bond donors (Lipinski definition) is 1. The van der Waals surface area contributed by atoms with Crippen molar-refractivity contribution in [3.63, 3.8) is 0 Å². The van der Waals surface area contributed by atoms with Crippen molar-refractivity contribution in [2.45, 2.75) is 4.90 Å². The second-order valence-electron chi connectivity index (χ2n) is 6.53. The van der Waals surface area contributed by atoms with Gasteiger partial charge in [-0.1, -0.05) is 17.7 Å². The van der Waals surface area contributed by atoms with Crippen LogP contribution in [0.25, 0.3) is 6.08 Å². The van der Waals surface area contributed by atoms with Gasteiger partial charge in [0, 0.05) is 10.7 Å². The van der Waals surface area contributed by atoms with Crippen LogP contribution in [0.2, 0.25) is 5.02 Å². The molecular formula is C23H16ClFN2O5S. The molecule has 0 saturated heterocycles. The molecule has 0 aliphatic carbocycles. The lowest BCUT2D eigenvalue weighted by atomic mass is 10.1. The summed E-state index contributed by atoms with van der Waals surface area (Å²) in [5.74, 6) is -1.18. The van der Waals surface area contributed by atoms with E-state index in [2.05, 4.69) is 5.32 Å². The molecule has 0 radical (unpaired) electrons. The third-order valence-electron chi connectivity index (χ3n) is 4.27. The minimum Gasteiger partial charge on any atom is -0.493 e. The number of hydrogen-bond acceptors (Lipinski definition) is 6. The van der Waals surface area contributed by atoms with Gasteiger partial charge in [0.15, 0.2) is 11.5 Å². The lowest BCUT2D eigenvalue weighted by Gasteiger charge is -2.11.